The highest BCUT2D eigenvalue weighted by Crippen LogP contribution is 2.19. The van der Waals surface area contributed by atoms with Crippen molar-refractivity contribution >= 4 is 0 Å². The van der Waals surface area contributed by atoms with Gasteiger partial charge in [-0.3, -0.25) is 0 Å². The van der Waals surface area contributed by atoms with Gasteiger partial charge in [0.15, 0.2) is 0 Å². The van der Waals surface area contributed by atoms with Crippen LogP contribution in [0.3, 0.4) is 0 Å². The molecule has 0 spiro atoms. The fourth-order valence-electron chi connectivity index (χ4n) is 2.23. The minimum Gasteiger partial charge on any atom is -0.314 e. The van der Waals surface area contributed by atoms with Crippen LogP contribution < -0.4 is 5.32 Å². The first-order chi connectivity index (χ1) is 7.64. The zero-order valence-electron chi connectivity index (χ0n) is 13.3. The molecule has 1 unspecified atom stereocenters. The lowest BCUT2D eigenvalue weighted by atomic mass is 9.91. The van der Waals surface area contributed by atoms with E-state index in [9.17, 15) is 0 Å². The molecule has 104 valence electrons. The van der Waals surface area contributed by atoms with Gasteiger partial charge in [-0.1, -0.05) is 41.5 Å². The molecule has 2 heteroatoms. The molecule has 0 aliphatic rings. The molecule has 0 saturated heterocycles. The number of nitrogens with one attached hydrogen (secondary N) is 1. The summed E-state index contributed by atoms with van der Waals surface area (Å²) in [5.74, 6) is 0.782. The van der Waals surface area contributed by atoms with E-state index in [1.165, 1.54) is 6.42 Å². The lowest BCUT2D eigenvalue weighted by Crippen LogP contribution is -2.43. The fourth-order valence-corrected chi connectivity index (χ4v) is 2.23. The van der Waals surface area contributed by atoms with Gasteiger partial charge in [0.05, 0.1) is 0 Å². The summed E-state index contributed by atoms with van der Waals surface area (Å²) in [6.45, 7) is 18.3. The second kappa shape index (κ2) is 7.38. The minimum atomic E-state index is 0.338. The van der Waals surface area contributed by atoms with Crippen LogP contribution in [0.5, 0.6) is 0 Å². The van der Waals surface area contributed by atoms with Crippen molar-refractivity contribution in [3.05, 3.63) is 0 Å². The third kappa shape index (κ3) is 8.62. The van der Waals surface area contributed by atoms with Crippen molar-refractivity contribution in [2.45, 2.75) is 67.0 Å². The van der Waals surface area contributed by atoms with Gasteiger partial charge in [-0.25, -0.2) is 0 Å². The van der Waals surface area contributed by atoms with E-state index >= 15 is 0 Å². The van der Waals surface area contributed by atoms with Crippen LogP contribution in [0, 0.1) is 11.3 Å². The molecule has 0 aromatic carbocycles. The van der Waals surface area contributed by atoms with Gasteiger partial charge in [0.2, 0.25) is 0 Å². The molecule has 0 bridgehead atoms. The summed E-state index contributed by atoms with van der Waals surface area (Å²) in [5.41, 5.74) is 0.338. The predicted octanol–water partition coefficient (Wildman–Crippen LogP) is 3.38. The van der Waals surface area contributed by atoms with Gasteiger partial charge in [0.25, 0.3) is 0 Å². The van der Waals surface area contributed by atoms with E-state index in [1.807, 2.05) is 0 Å². The van der Waals surface area contributed by atoms with E-state index in [1.54, 1.807) is 0 Å². The topological polar surface area (TPSA) is 15.3 Å². The molecule has 0 amide bonds. The van der Waals surface area contributed by atoms with Gasteiger partial charge >= 0.3 is 0 Å². The average Bonchev–Trinajstić information content (AvgIpc) is 2.13. The molecular formula is C15H34N2. The van der Waals surface area contributed by atoms with Crippen LogP contribution in [0.1, 0.15) is 54.9 Å². The predicted molar refractivity (Wildman–Crippen MR) is 78.5 cm³/mol. The van der Waals surface area contributed by atoms with Crippen LogP contribution in [-0.4, -0.2) is 37.1 Å². The largest absolute Gasteiger partial charge is 0.314 e. The first kappa shape index (κ1) is 16.9. The Kier molecular flexibility index (Phi) is 7.34. The van der Waals surface area contributed by atoms with Crippen LogP contribution in [0.4, 0.5) is 0 Å². The highest BCUT2D eigenvalue weighted by Gasteiger charge is 2.22. The van der Waals surface area contributed by atoms with Gasteiger partial charge in [-0.15, -0.1) is 0 Å². The van der Waals surface area contributed by atoms with Gasteiger partial charge < -0.3 is 10.2 Å². The SMILES string of the molecule is CC(C)CC(C)N(C)CC(C)(C)CNC(C)C. The van der Waals surface area contributed by atoms with E-state index in [-0.39, 0.29) is 0 Å². The molecule has 0 fully saturated rings. The standard InChI is InChI=1S/C15H34N2/c1-12(2)9-14(5)17(8)11-15(6,7)10-16-13(3)4/h12-14,16H,9-11H2,1-8H3. The molecule has 0 aliphatic heterocycles. The van der Waals surface area contributed by atoms with Crippen molar-refractivity contribution in [3.8, 4) is 0 Å². The average molecular weight is 242 g/mol. The zero-order chi connectivity index (χ0) is 13.6. The van der Waals surface area contributed by atoms with E-state index < -0.39 is 0 Å². The summed E-state index contributed by atoms with van der Waals surface area (Å²) < 4.78 is 0. The van der Waals surface area contributed by atoms with E-state index in [4.69, 9.17) is 0 Å². The van der Waals surface area contributed by atoms with Gasteiger partial charge in [0, 0.05) is 25.2 Å². The smallest absolute Gasteiger partial charge is 0.00665 e. The Hall–Kier alpha value is -0.0800. The number of hydrogen-bond donors (Lipinski definition) is 1. The van der Waals surface area contributed by atoms with Crippen LogP contribution >= 0.6 is 0 Å². The zero-order valence-corrected chi connectivity index (χ0v) is 13.3. The monoisotopic (exact) mass is 242 g/mol. The highest BCUT2D eigenvalue weighted by molar-refractivity contribution is 4.78. The Bertz CT molecular complexity index is 197. The molecule has 0 rings (SSSR count). The quantitative estimate of drug-likeness (QED) is 0.702. The van der Waals surface area contributed by atoms with Gasteiger partial charge in [-0.2, -0.15) is 0 Å². The van der Waals surface area contributed by atoms with Crippen LogP contribution in [-0.2, 0) is 0 Å². The number of rotatable bonds is 8. The van der Waals surface area contributed by atoms with Crippen molar-refractivity contribution in [2.75, 3.05) is 20.1 Å². The molecule has 17 heavy (non-hydrogen) atoms. The Morgan fingerprint density at radius 2 is 1.59 bits per heavy atom. The molecule has 0 heterocycles. The maximum atomic E-state index is 3.54. The maximum Gasteiger partial charge on any atom is 0.00665 e. The molecule has 0 aromatic rings. The van der Waals surface area contributed by atoms with E-state index in [2.05, 4.69) is 65.7 Å². The fraction of sp³-hybridized carbons (Fsp3) is 1.00. The van der Waals surface area contributed by atoms with Gasteiger partial charge in [0.1, 0.15) is 0 Å². The Labute approximate surface area is 109 Å². The number of hydrogen-bond acceptors (Lipinski definition) is 2. The summed E-state index contributed by atoms with van der Waals surface area (Å²) in [6.07, 6.45) is 1.28. The third-order valence-corrected chi connectivity index (χ3v) is 3.23. The number of nitrogens with zero attached hydrogens (tertiary/aromatic N) is 1. The van der Waals surface area contributed by atoms with Crippen molar-refractivity contribution in [1.29, 1.82) is 0 Å². The van der Waals surface area contributed by atoms with Crippen molar-refractivity contribution < 1.29 is 0 Å². The Morgan fingerprint density at radius 3 is 2.00 bits per heavy atom. The van der Waals surface area contributed by atoms with Crippen molar-refractivity contribution in [1.82, 2.24) is 10.2 Å². The highest BCUT2D eigenvalue weighted by atomic mass is 15.1. The first-order valence-corrected chi connectivity index (χ1v) is 7.07. The van der Waals surface area contributed by atoms with Crippen LogP contribution in [0.15, 0.2) is 0 Å². The minimum absolute atomic E-state index is 0.338. The summed E-state index contributed by atoms with van der Waals surface area (Å²) in [5, 5.41) is 3.54. The second-order valence-electron chi connectivity index (χ2n) is 7.09. The van der Waals surface area contributed by atoms with Gasteiger partial charge in [-0.05, 0) is 31.7 Å². The summed E-state index contributed by atoms with van der Waals surface area (Å²) in [6, 6.07) is 1.25. The van der Waals surface area contributed by atoms with Crippen LogP contribution in [0.25, 0.3) is 0 Å². The third-order valence-electron chi connectivity index (χ3n) is 3.23. The molecule has 0 radical (unpaired) electrons. The molecule has 2 nitrogen and oxygen atoms in total. The van der Waals surface area contributed by atoms with Crippen LogP contribution in [0.2, 0.25) is 0 Å². The molecule has 0 saturated carbocycles. The normalized spacial score (nSPS) is 15.0. The lowest BCUT2D eigenvalue weighted by molar-refractivity contribution is 0.150. The maximum absolute atomic E-state index is 3.54. The van der Waals surface area contributed by atoms with E-state index in [0.717, 1.165) is 19.0 Å². The summed E-state index contributed by atoms with van der Waals surface area (Å²) in [7, 11) is 2.25. The molecule has 0 aromatic heterocycles. The second-order valence-corrected chi connectivity index (χ2v) is 7.09. The van der Waals surface area contributed by atoms with E-state index in [0.29, 0.717) is 17.5 Å². The molecular weight excluding hydrogens is 208 g/mol. The van der Waals surface area contributed by atoms with Crippen molar-refractivity contribution in [3.63, 3.8) is 0 Å². The molecule has 1 atom stereocenters. The lowest BCUT2D eigenvalue weighted by Gasteiger charge is -2.35. The Morgan fingerprint density at radius 1 is 1.06 bits per heavy atom. The molecule has 0 aliphatic carbocycles. The van der Waals surface area contributed by atoms with Crippen molar-refractivity contribution in [2.24, 2.45) is 11.3 Å². The molecule has 1 N–H and O–H groups in total. The summed E-state index contributed by atoms with van der Waals surface area (Å²) in [4.78, 5) is 2.50. The Balaban J connectivity index is 4.11. The first-order valence-electron chi connectivity index (χ1n) is 7.07. The summed E-state index contributed by atoms with van der Waals surface area (Å²) >= 11 is 0.